The zero-order valence-electron chi connectivity index (χ0n) is 19.7. The van der Waals surface area contributed by atoms with Crippen LogP contribution in [0.2, 0.25) is 5.02 Å². The zero-order chi connectivity index (χ0) is 24.7. The van der Waals surface area contributed by atoms with Crippen LogP contribution in [0, 0.1) is 12.8 Å². The van der Waals surface area contributed by atoms with Gasteiger partial charge >= 0.3 is 0 Å². The van der Waals surface area contributed by atoms with Crippen molar-refractivity contribution in [3.8, 4) is 11.5 Å². The second-order valence-corrected chi connectivity index (χ2v) is 11.0. The molecule has 2 aliphatic rings. The third-order valence-corrected chi connectivity index (χ3v) is 8.46. The number of anilines is 2. The minimum absolute atomic E-state index is 0.0118. The summed E-state index contributed by atoms with van der Waals surface area (Å²) in [6.07, 6.45) is 5.22. The van der Waals surface area contributed by atoms with E-state index in [2.05, 4.69) is 28.3 Å². The third-order valence-electron chi connectivity index (χ3n) is 6.86. The molecular formula is C27H27ClN2O4S. The number of rotatable bonds is 6. The van der Waals surface area contributed by atoms with Crippen LogP contribution in [0.4, 0.5) is 11.4 Å². The monoisotopic (exact) mass is 510 g/mol. The predicted octanol–water partition coefficient (Wildman–Crippen LogP) is 6.29. The van der Waals surface area contributed by atoms with Gasteiger partial charge in [-0.2, -0.15) is 0 Å². The molecular weight excluding hydrogens is 484 g/mol. The van der Waals surface area contributed by atoms with Crippen LogP contribution in [0.25, 0.3) is 0 Å². The number of sulfonamides is 1. The molecule has 0 bridgehead atoms. The van der Waals surface area contributed by atoms with Crippen LogP contribution in [0.1, 0.15) is 35.1 Å². The normalized spacial score (nSPS) is 20.5. The standard InChI is InChI=1S/C27H27ClN2O4S/c1-16-10-11-17(28)14-24(16)30-35(31,32)18-12-13-23-22(15-18)19-6-4-7-20(19)26(29-23)21-8-5-9-25(33-2)27(21)34-3/h4-6,8-15,19-20,26,29-30H,7H2,1-3H3/t19-,20+,26-/m0/s1. The lowest BCUT2D eigenvalue weighted by molar-refractivity contribution is 0.341. The summed E-state index contributed by atoms with van der Waals surface area (Å²) >= 11 is 6.08. The number of benzene rings is 3. The number of nitrogens with one attached hydrogen (secondary N) is 2. The van der Waals surface area contributed by atoms with Crippen molar-refractivity contribution < 1.29 is 17.9 Å². The summed E-state index contributed by atoms with van der Waals surface area (Å²) in [5.74, 6) is 1.69. The van der Waals surface area contributed by atoms with Crippen LogP contribution >= 0.6 is 11.6 Å². The van der Waals surface area contributed by atoms with Crippen LogP contribution in [-0.4, -0.2) is 22.6 Å². The van der Waals surface area contributed by atoms with E-state index in [0.29, 0.717) is 22.2 Å². The average Bonchev–Trinajstić information content (AvgIpc) is 3.35. The number of fused-ring (bicyclic) bond motifs is 3. The average molecular weight is 511 g/mol. The molecule has 0 spiro atoms. The van der Waals surface area contributed by atoms with E-state index in [4.69, 9.17) is 21.1 Å². The summed E-state index contributed by atoms with van der Waals surface area (Å²) < 4.78 is 40.4. The van der Waals surface area contributed by atoms with Gasteiger partial charge in [0.2, 0.25) is 0 Å². The Balaban J connectivity index is 1.52. The van der Waals surface area contributed by atoms with Crippen molar-refractivity contribution in [1.82, 2.24) is 0 Å². The number of ether oxygens (including phenoxy) is 2. The van der Waals surface area contributed by atoms with E-state index < -0.39 is 10.0 Å². The number of methoxy groups -OCH3 is 2. The molecule has 0 saturated carbocycles. The van der Waals surface area contributed by atoms with Crippen molar-refractivity contribution in [2.45, 2.75) is 30.2 Å². The van der Waals surface area contributed by atoms with E-state index in [0.717, 1.165) is 28.8 Å². The molecule has 0 radical (unpaired) electrons. The first-order chi connectivity index (χ1) is 16.8. The molecule has 3 aromatic rings. The Bertz CT molecular complexity index is 1420. The van der Waals surface area contributed by atoms with E-state index >= 15 is 0 Å². The van der Waals surface area contributed by atoms with Gasteiger partial charge in [0.1, 0.15) is 0 Å². The first kappa shape index (κ1) is 23.6. The van der Waals surface area contributed by atoms with E-state index in [9.17, 15) is 8.42 Å². The van der Waals surface area contributed by atoms with Crippen LogP contribution in [0.5, 0.6) is 11.5 Å². The quantitative estimate of drug-likeness (QED) is 0.381. The topological polar surface area (TPSA) is 76.7 Å². The van der Waals surface area contributed by atoms with Crippen LogP contribution in [0.3, 0.4) is 0 Å². The lowest BCUT2D eigenvalue weighted by Gasteiger charge is -2.38. The molecule has 35 heavy (non-hydrogen) atoms. The molecule has 0 amide bonds. The fraction of sp³-hybridized carbons (Fsp3) is 0.259. The maximum atomic E-state index is 13.3. The van der Waals surface area contributed by atoms with Crippen LogP contribution < -0.4 is 19.5 Å². The second kappa shape index (κ2) is 9.13. The Labute approximate surface area is 211 Å². The number of hydrogen-bond acceptors (Lipinski definition) is 5. The number of hydrogen-bond donors (Lipinski definition) is 2. The minimum Gasteiger partial charge on any atom is -0.493 e. The highest BCUT2D eigenvalue weighted by Crippen LogP contribution is 2.52. The maximum Gasteiger partial charge on any atom is 0.261 e. The maximum absolute atomic E-state index is 13.3. The van der Waals surface area contributed by atoms with E-state index in [1.807, 2.05) is 25.1 Å². The van der Waals surface area contributed by atoms with Gasteiger partial charge in [-0.1, -0.05) is 42.0 Å². The van der Waals surface area contributed by atoms with Crippen molar-refractivity contribution in [3.63, 3.8) is 0 Å². The van der Waals surface area contributed by atoms with Gasteiger partial charge in [-0.15, -0.1) is 0 Å². The SMILES string of the molecule is COc1cccc([C@H]2Nc3ccc(S(=O)(=O)Nc4cc(Cl)ccc4C)cc3[C@H]3C=CC[C@H]32)c1OC. The largest absolute Gasteiger partial charge is 0.493 e. The molecule has 2 N–H and O–H groups in total. The number of halogens is 1. The fourth-order valence-electron chi connectivity index (χ4n) is 5.11. The first-order valence-corrected chi connectivity index (χ1v) is 13.3. The van der Waals surface area contributed by atoms with Gasteiger partial charge in [0.15, 0.2) is 11.5 Å². The summed E-state index contributed by atoms with van der Waals surface area (Å²) in [4.78, 5) is 0.217. The van der Waals surface area contributed by atoms with Crippen molar-refractivity contribution in [2.24, 2.45) is 5.92 Å². The highest BCUT2D eigenvalue weighted by Gasteiger charge is 2.40. The molecule has 1 aliphatic carbocycles. The molecule has 8 heteroatoms. The Morgan fingerprint density at radius 1 is 1.03 bits per heavy atom. The van der Waals surface area contributed by atoms with Gasteiger partial charge in [0.05, 0.1) is 30.8 Å². The summed E-state index contributed by atoms with van der Waals surface area (Å²) in [7, 11) is -0.519. The molecule has 0 fully saturated rings. The minimum atomic E-state index is -3.80. The van der Waals surface area contributed by atoms with Crippen LogP contribution in [0.15, 0.2) is 71.6 Å². The summed E-state index contributed by atoms with van der Waals surface area (Å²) in [5.41, 5.74) is 4.16. The van der Waals surface area contributed by atoms with E-state index in [1.165, 1.54) is 0 Å². The molecule has 182 valence electrons. The van der Waals surface area contributed by atoms with E-state index in [1.54, 1.807) is 44.6 Å². The molecule has 1 aliphatic heterocycles. The molecule has 6 nitrogen and oxygen atoms in total. The Morgan fingerprint density at radius 2 is 1.86 bits per heavy atom. The lowest BCUT2D eigenvalue weighted by Crippen LogP contribution is -2.29. The molecule has 0 unspecified atom stereocenters. The van der Waals surface area contributed by atoms with Gasteiger partial charge < -0.3 is 14.8 Å². The molecule has 3 atom stereocenters. The van der Waals surface area contributed by atoms with Gasteiger partial charge in [0.25, 0.3) is 10.0 Å². The highest BCUT2D eigenvalue weighted by molar-refractivity contribution is 7.92. The Kier molecular flexibility index (Phi) is 6.15. The highest BCUT2D eigenvalue weighted by atomic mass is 35.5. The van der Waals surface area contributed by atoms with Gasteiger partial charge in [-0.3, -0.25) is 4.72 Å². The predicted molar refractivity (Wildman–Crippen MR) is 139 cm³/mol. The lowest BCUT2D eigenvalue weighted by atomic mass is 9.77. The van der Waals surface area contributed by atoms with Crippen molar-refractivity contribution in [1.29, 1.82) is 0 Å². The Hall–Kier alpha value is -3.16. The summed E-state index contributed by atoms with van der Waals surface area (Å²) in [5, 5.41) is 4.12. The number of para-hydroxylation sites is 1. The molecule has 1 heterocycles. The first-order valence-electron chi connectivity index (χ1n) is 11.4. The third kappa shape index (κ3) is 4.23. The molecule has 0 aromatic heterocycles. The van der Waals surface area contributed by atoms with Crippen molar-refractivity contribution in [3.05, 3.63) is 88.5 Å². The van der Waals surface area contributed by atoms with Gasteiger partial charge in [-0.05, 0) is 66.8 Å². The Morgan fingerprint density at radius 3 is 2.63 bits per heavy atom. The molecule has 0 saturated heterocycles. The second-order valence-electron chi connectivity index (χ2n) is 8.87. The van der Waals surface area contributed by atoms with E-state index in [-0.39, 0.29) is 22.8 Å². The summed E-state index contributed by atoms with van der Waals surface area (Å²) in [6, 6.07) is 16.3. The molecule has 3 aromatic carbocycles. The zero-order valence-corrected chi connectivity index (χ0v) is 21.3. The van der Waals surface area contributed by atoms with Crippen molar-refractivity contribution >= 4 is 33.0 Å². The van der Waals surface area contributed by atoms with Gasteiger partial charge in [0, 0.05) is 22.2 Å². The summed E-state index contributed by atoms with van der Waals surface area (Å²) in [6.45, 7) is 1.84. The number of allylic oxidation sites excluding steroid dienone is 2. The van der Waals surface area contributed by atoms with Crippen molar-refractivity contribution in [2.75, 3.05) is 24.3 Å². The molecule has 5 rings (SSSR count). The number of aryl methyl sites for hydroxylation is 1. The fourth-order valence-corrected chi connectivity index (χ4v) is 6.44. The van der Waals surface area contributed by atoms with Gasteiger partial charge in [-0.25, -0.2) is 8.42 Å². The smallest absolute Gasteiger partial charge is 0.261 e. The van der Waals surface area contributed by atoms with Crippen LogP contribution in [-0.2, 0) is 10.0 Å².